The van der Waals surface area contributed by atoms with Gasteiger partial charge in [0.15, 0.2) is 0 Å². The van der Waals surface area contributed by atoms with Crippen molar-refractivity contribution in [2.45, 2.75) is 13.8 Å². The van der Waals surface area contributed by atoms with Crippen LogP contribution in [0.3, 0.4) is 0 Å². The van der Waals surface area contributed by atoms with Crippen molar-refractivity contribution >= 4 is 28.7 Å². The van der Waals surface area contributed by atoms with E-state index in [1.165, 1.54) is 12.1 Å². The quantitative estimate of drug-likeness (QED) is 0.666. The molecule has 3 aromatic rings. The van der Waals surface area contributed by atoms with Gasteiger partial charge in [0.1, 0.15) is 0 Å². The molecule has 0 atom stereocenters. The molecule has 0 bridgehead atoms. The molecule has 2 heterocycles. The number of amides is 2. The van der Waals surface area contributed by atoms with E-state index in [1.54, 1.807) is 25.1 Å². The van der Waals surface area contributed by atoms with Crippen LogP contribution >= 0.6 is 0 Å². The Morgan fingerprint density at radius 1 is 0.962 bits per heavy atom. The minimum atomic E-state index is -0.777. The average molecular weight is 346 g/mol. The number of carbonyl (C=O) groups excluding carboxylic acids is 3. The molecule has 0 fully saturated rings. The highest BCUT2D eigenvalue weighted by molar-refractivity contribution is 6.21. The number of carbonyl (C=O) groups is 3. The second kappa shape index (κ2) is 5.77. The van der Waals surface area contributed by atoms with E-state index in [4.69, 9.17) is 4.84 Å². The summed E-state index contributed by atoms with van der Waals surface area (Å²) in [6.07, 6.45) is 0. The Labute approximate surface area is 149 Å². The average Bonchev–Trinajstić information content (AvgIpc) is 2.86. The number of hydrogen-bond donors (Lipinski definition) is 0. The van der Waals surface area contributed by atoms with Crippen molar-refractivity contribution in [1.82, 2.24) is 10.0 Å². The van der Waals surface area contributed by atoms with Crippen LogP contribution in [0.1, 0.15) is 42.3 Å². The summed E-state index contributed by atoms with van der Waals surface area (Å²) in [6, 6.07) is 13.5. The van der Waals surface area contributed by atoms with E-state index in [0.29, 0.717) is 21.7 Å². The van der Waals surface area contributed by atoms with Crippen LogP contribution < -0.4 is 0 Å². The van der Waals surface area contributed by atoms with E-state index in [1.807, 2.05) is 25.1 Å². The molecule has 0 radical (unpaired) electrons. The van der Waals surface area contributed by atoms with Crippen LogP contribution in [0.15, 0.2) is 48.5 Å². The van der Waals surface area contributed by atoms with Crippen molar-refractivity contribution in [3.63, 3.8) is 0 Å². The highest BCUT2D eigenvalue weighted by Gasteiger charge is 2.39. The summed E-state index contributed by atoms with van der Waals surface area (Å²) in [6.45, 7) is 3.66. The maximum atomic E-state index is 12.7. The molecule has 6 nitrogen and oxygen atoms in total. The molecular weight excluding hydrogens is 332 g/mol. The van der Waals surface area contributed by atoms with Gasteiger partial charge in [-0.05, 0) is 44.2 Å². The van der Waals surface area contributed by atoms with E-state index in [2.05, 4.69) is 4.98 Å². The van der Waals surface area contributed by atoms with Gasteiger partial charge in [0, 0.05) is 11.1 Å². The summed E-state index contributed by atoms with van der Waals surface area (Å²) < 4.78 is 0. The molecule has 2 aromatic carbocycles. The predicted molar refractivity (Wildman–Crippen MR) is 93.6 cm³/mol. The van der Waals surface area contributed by atoms with Gasteiger partial charge in [-0.1, -0.05) is 28.8 Å². The lowest BCUT2D eigenvalue weighted by molar-refractivity contribution is -0.0583. The molecule has 0 saturated heterocycles. The Balaban J connectivity index is 1.72. The molecule has 0 saturated carbocycles. The van der Waals surface area contributed by atoms with E-state index >= 15 is 0 Å². The third-order valence-corrected chi connectivity index (χ3v) is 4.24. The molecule has 26 heavy (non-hydrogen) atoms. The molecule has 6 heteroatoms. The van der Waals surface area contributed by atoms with Crippen molar-refractivity contribution in [1.29, 1.82) is 0 Å². The van der Waals surface area contributed by atoms with Gasteiger partial charge in [0.2, 0.25) is 0 Å². The summed E-state index contributed by atoms with van der Waals surface area (Å²) in [5, 5.41) is 1.13. The number of hydroxylamine groups is 2. The van der Waals surface area contributed by atoms with Crippen molar-refractivity contribution in [2.24, 2.45) is 0 Å². The van der Waals surface area contributed by atoms with Crippen LogP contribution in [0.5, 0.6) is 0 Å². The number of rotatable bonds is 2. The van der Waals surface area contributed by atoms with E-state index < -0.39 is 17.8 Å². The standard InChI is InChI=1S/C20H14N2O4/c1-11-7-8-17-15(9-11)16(10-12(2)21-17)20(25)26-22-18(23)13-5-3-4-6-14(13)19(22)24/h3-10H,1-2H3. The molecule has 0 N–H and O–H groups in total. The number of nitrogens with zero attached hydrogens (tertiary/aromatic N) is 2. The Kier molecular flexibility index (Phi) is 3.54. The first kappa shape index (κ1) is 16.0. The normalized spacial score (nSPS) is 13.2. The summed E-state index contributed by atoms with van der Waals surface area (Å²) in [5.41, 5.74) is 2.93. The number of aromatic nitrogens is 1. The van der Waals surface area contributed by atoms with Crippen LogP contribution in [0.2, 0.25) is 0 Å². The van der Waals surface area contributed by atoms with Crippen molar-refractivity contribution in [3.05, 3.63) is 76.5 Å². The highest BCUT2D eigenvalue weighted by Crippen LogP contribution is 2.25. The Hall–Kier alpha value is -3.54. The van der Waals surface area contributed by atoms with Crippen molar-refractivity contribution < 1.29 is 19.2 Å². The van der Waals surface area contributed by atoms with Crippen LogP contribution in [-0.4, -0.2) is 27.8 Å². The summed E-state index contributed by atoms with van der Waals surface area (Å²) >= 11 is 0. The fourth-order valence-electron chi connectivity index (χ4n) is 3.02. The predicted octanol–water partition coefficient (Wildman–Crippen LogP) is 3.22. The number of aryl methyl sites for hydroxylation is 2. The van der Waals surface area contributed by atoms with Gasteiger partial charge in [-0.3, -0.25) is 14.6 Å². The Morgan fingerprint density at radius 2 is 1.62 bits per heavy atom. The van der Waals surface area contributed by atoms with Gasteiger partial charge in [-0.15, -0.1) is 0 Å². The lowest BCUT2D eigenvalue weighted by Gasteiger charge is -2.14. The van der Waals surface area contributed by atoms with E-state index in [9.17, 15) is 14.4 Å². The molecule has 1 aliphatic heterocycles. The van der Waals surface area contributed by atoms with Crippen molar-refractivity contribution in [3.8, 4) is 0 Å². The van der Waals surface area contributed by atoms with Crippen LogP contribution in [0.4, 0.5) is 0 Å². The van der Waals surface area contributed by atoms with Crippen molar-refractivity contribution in [2.75, 3.05) is 0 Å². The Morgan fingerprint density at radius 3 is 2.27 bits per heavy atom. The van der Waals surface area contributed by atoms with E-state index in [-0.39, 0.29) is 16.7 Å². The fourth-order valence-corrected chi connectivity index (χ4v) is 3.02. The summed E-state index contributed by atoms with van der Waals surface area (Å²) in [7, 11) is 0. The molecule has 1 aromatic heterocycles. The highest BCUT2D eigenvalue weighted by atomic mass is 16.7. The molecule has 0 spiro atoms. The molecule has 2 amide bonds. The second-order valence-electron chi connectivity index (χ2n) is 6.16. The minimum Gasteiger partial charge on any atom is -0.324 e. The maximum Gasteiger partial charge on any atom is 0.364 e. The zero-order valence-electron chi connectivity index (χ0n) is 14.1. The number of hydrogen-bond acceptors (Lipinski definition) is 5. The number of imide groups is 1. The molecule has 128 valence electrons. The fraction of sp³-hybridized carbons (Fsp3) is 0.100. The molecule has 1 aliphatic rings. The maximum absolute atomic E-state index is 12.7. The largest absolute Gasteiger partial charge is 0.364 e. The number of pyridine rings is 1. The first-order chi connectivity index (χ1) is 12.5. The van der Waals surface area contributed by atoms with Gasteiger partial charge < -0.3 is 4.84 Å². The lowest BCUT2D eigenvalue weighted by atomic mass is 10.1. The van der Waals surface area contributed by atoms with Gasteiger partial charge in [0.25, 0.3) is 11.8 Å². The van der Waals surface area contributed by atoms with E-state index in [0.717, 1.165) is 5.56 Å². The van der Waals surface area contributed by atoms with Crippen LogP contribution in [0.25, 0.3) is 10.9 Å². The Bertz CT molecular complexity index is 1070. The van der Waals surface area contributed by atoms with Gasteiger partial charge in [-0.25, -0.2) is 4.79 Å². The molecule has 0 aliphatic carbocycles. The monoisotopic (exact) mass is 346 g/mol. The third kappa shape index (κ3) is 2.43. The van der Waals surface area contributed by atoms with Gasteiger partial charge in [-0.2, -0.15) is 0 Å². The minimum absolute atomic E-state index is 0.219. The van der Waals surface area contributed by atoms with Gasteiger partial charge >= 0.3 is 5.97 Å². The molecule has 0 unspecified atom stereocenters. The second-order valence-corrected chi connectivity index (χ2v) is 6.16. The lowest BCUT2D eigenvalue weighted by Crippen LogP contribution is -2.32. The first-order valence-electron chi connectivity index (χ1n) is 8.04. The van der Waals surface area contributed by atoms with Crippen LogP contribution in [-0.2, 0) is 4.84 Å². The number of fused-ring (bicyclic) bond motifs is 2. The van der Waals surface area contributed by atoms with Crippen LogP contribution in [0, 0.1) is 13.8 Å². The zero-order valence-corrected chi connectivity index (χ0v) is 14.1. The topological polar surface area (TPSA) is 76.6 Å². The third-order valence-electron chi connectivity index (χ3n) is 4.24. The number of benzene rings is 2. The smallest absolute Gasteiger partial charge is 0.324 e. The van der Waals surface area contributed by atoms with Gasteiger partial charge in [0.05, 0.1) is 22.2 Å². The zero-order chi connectivity index (χ0) is 18.4. The summed E-state index contributed by atoms with van der Waals surface area (Å²) in [5.74, 6) is -2.07. The molecular formula is C20H14N2O4. The first-order valence-corrected chi connectivity index (χ1v) is 8.04. The SMILES string of the molecule is Cc1ccc2nc(C)cc(C(=O)ON3C(=O)c4ccccc4C3=O)c2c1. The summed E-state index contributed by atoms with van der Waals surface area (Å²) in [4.78, 5) is 47.0. The molecule has 4 rings (SSSR count).